The molecule has 1 aliphatic carbocycles. The Labute approximate surface area is 235 Å². The van der Waals surface area contributed by atoms with Crippen molar-refractivity contribution in [1.29, 1.82) is 0 Å². The van der Waals surface area contributed by atoms with Gasteiger partial charge < -0.3 is 20.4 Å². The standard InChI is InChI=1S/C19H38O2.2C7H6O2/c1-2-3-4-5-6-9-12-17-15-18(17)13-10-7-8-11-14-19(21)16-20;2*8-7(9)6-4-2-1-3-5-6/h17-21H,2-16H2,1H3;2*1-5H,(H,8,9). The summed E-state index contributed by atoms with van der Waals surface area (Å²) in [4.78, 5) is 20.4. The highest BCUT2D eigenvalue weighted by atomic mass is 16.4. The zero-order chi connectivity index (χ0) is 28.7. The normalized spacial score (nSPS) is 16.2. The number of aliphatic hydroxyl groups is 2. The van der Waals surface area contributed by atoms with Crippen LogP contribution in [0.5, 0.6) is 0 Å². The number of hydrogen-bond donors (Lipinski definition) is 4. The Hall–Kier alpha value is -2.70. The number of aliphatic hydroxyl groups excluding tert-OH is 2. The van der Waals surface area contributed by atoms with Crippen LogP contribution >= 0.6 is 0 Å². The van der Waals surface area contributed by atoms with Gasteiger partial charge in [-0.3, -0.25) is 0 Å². The smallest absolute Gasteiger partial charge is 0.335 e. The average molecular weight is 543 g/mol. The second-order valence-corrected chi connectivity index (χ2v) is 10.5. The summed E-state index contributed by atoms with van der Waals surface area (Å²) in [5.74, 6) is 0.349. The Morgan fingerprint density at radius 2 is 1.10 bits per heavy atom. The molecule has 0 bridgehead atoms. The van der Waals surface area contributed by atoms with Crippen LogP contribution in [0.2, 0.25) is 0 Å². The molecule has 2 aromatic rings. The van der Waals surface area contributed by atoms with Crippen LogP contribution in [0.3, 0.4) is 0 Å². The van der Waals surface area contributed by atoms with Crippen molar-refractivity contribution in [3.63, 3.8) is 0 Å². The summed E-state index contributed by atoms with van der Waals surface area (Å²) in [6.07, 6.45) is 18.2. The molecule has 6 nitrogen and oxygen atoms in total. The van der Waals surface area contributed by atoms with E-state index in [0.717, 1.165) is 24.7 Å². The number of carboxylic acids is 2. The molecule has 4 N–H and O–H groups in total. The minimum atomic E-state index is -0.879. The van der Waals surface area contributed by atoms with Crippen LogP contribution in [0.25, 0.3) is 0 Å². The van der Waals surface area contributed by atoms with E-state index in [4.69, 9.17) is 15.3 Å². The molecule has 3 rings (SSSR count). The Morgan fingerprint density at radius 3 is 1.49 bits per heavy atom. The van der Waals surface area contributed by atoms with Crippen molar-refractivity contribution in [2.45, 2.75) is 103 Å². The maximum atomic E-state index is 10.2. The summed E-state index contributed by atoms with van der Waals surface area (Å²) in [7, 11) is 0. The number of carboxylic acid groups (broad SMARTS) is 2. The molecule has 1 fully saturated rings. The third kappa shape index (κ3) is 18.3. The molecule has 0 spiro atoms. The molecule has 1 aliphatic rings. The quantitative estimate of drug-likeness (QED) is 0.151. The number of carbonyl (C=O) groups is 2. The van der Waals surface area contributed by atoms with Gasteiger partial charge in [-0.25, -0.2) is 9.59 Å². The Kier molecular flexibility index (Phi) is 19.5. The molecule has 1 saturated carbocycles. The fourth-order valence-corrected chi connectivity index (χ4v) is 4.60. The first kappa shape index (κ1) is 34.3. The van der Waals surface area contributed by atoms with Crippen LogP contribution in [0, 0.1) is 11.8 Å². The van der Waals surface area contributed by atoms with Gasteiger partial charge in [-0.2, -0.15) is 0 Å². The van der Waals surface area contributed by atoms with E-state index < -0.39 is 18.0 Å². The molecule has 0 amide bonds. The summed E-state index contributed by atoms with van der Waals surface area (Å²) in [6.45, 7) is 2.20. The predicted octanol–water partition coefficient (Wildman–Crippen LogP) is 7.84. The molecule has 0 saturated heterocycles. The molecule has 0 radical (unpaired) electrons. The number of hydrogen-bond acceptors (Lipinski definition) is 4. The zero-order valence-electron chi connectivity index (χ0n) is 23.7. The van der Waals surface area contributed by atoms with Crippen LogP contribution in [0.4, 0.5) is 0 Å². The fraction of sp³-hybridized carbons (Fsp3) is 0.576. The second kappa shape index (κ2) is 22.2. The number of rotatable bonds is 17. The highest BCUT2D eigenvalue weighted by molar-refractivity contribution is 5.87. The van der Waals surface area contributed by atoms with Gasteiger partial charge >= 0.3 is 11.9 Å². The van der Waals surface area contributed by atoms with Crippen LogP contribution in [-0.2, 0) is 0 Å². The minimum Gasteiger partial charge on any atom is -0.478 e. The van der Waals surface area contributed by atoms with Gasteiger partial charge in [0.15, 0.2) is 0 Å². The van der Waals surface area contributed by atoms with Crippen molar-refractivity contribution in [2.24, 2.45) is 11.8 Å². The molecular weight excluding hydrogens is 492 g/mol. The van der Waals surface area contributed by atoms with Gasteiger partial charge in [-0.1, -0.05) is 120 Å². The Morgan fingerprint density at radius 1 is 0.692 bits per heavy atom. The first-order valence-electron chi connectivity index (χ1n) is 14.7. The van der Waals surface area contributed by atoms with E-state index in [2.05, 4.69) is 6.92 Å². The summed E-state index contributed by atoms with van der Waals surface area (Å²) >= 11 is 0. The SMILES string of the molecule is CCCCCCCCC1CC1CCCCCCC(O)CO.O=C(O)c1ccccc1.O=C(O)c1ccccc1. The van der Waals surface area contributed by atoms with E-state index in [0.29, 0.717) is 11.1 Å². The summed E-state index contributed by atoms with van der Waals surface area (Å²) in [5, 5.41) is 34.7. The van der Waals surface area contributed by atoms with Gasteiger partial charge in [0.1, 0.15) is 0 Å². The average Bonchev–Trinajstić information content (AvgIpc) is 3.72. The summed E-state index contributed by atoms with van der Waals surface area (Å²) in [5.41, 5.74) is 0.662. The van der Waals surface area contributed by atoms with E-state index in [1.807, 2.05) is 0 Å². The van der Waals surface area contributed by atoms with Gasteiger partial charge in [-0.05, 0) is 48.9 Å². The molecule has 3 atom stereocenters. The molecule has 2 aromatic carbocycles. The van der Waals surface area contributed by atoms with Crippen molar-refractivity contribution in [1.82, 2.24) is 0 Å². The maximum Gasteiger partial charge on any atom is 0.335 e. The zero-order valence-corrected chi connectivity index (χ0v) is 23.7. The van der Waals surface area contributed by atoms with Crippen molar-refractivity contribution in [3.8, 4) is 0 Å². The van der Waals surface area contributed by atoms with E-state index in [1.165, 1.54) is 77.0 Å². The van der Waals surface area contributed by atoms with Gasteiger partial charge in [0.2, 0.25) is 0 Å². The monoisotopic (exact) mass is 542 g/mol. The molecule has 39 heavy (non-hydrogen) atoms. The van der Waals surface area contributed by atoms with Gasteiger partial charge in [0.05, 0.1) is 23.8 Å². The fourth-order valence-electron chi connectivity index (χ4n) is 4.60. The summed E-state index contributed by atoms with van der Waals surface area (Å²) < 4.78 is 0. The first-order chi connectivity index (χ1) is 18.9. The molecule has 0 aromatic heterocycles. The van der Waals surface area contributed by atoms with Crippen LogP contribution in [0.1, 0.15) is 118 Å². The molecule has 0 aliphatic heterocycles. The molecule has 6 heteroatoms. The molecule has 0 heterocycles. The molecular formula is C33H50O6. The second-order valence-electron chi connectivity index (χ2n) is 10.5. The van der Waals surface area contributed by atoms with E-state index in [-0.39, 0.29) is 6.61 Å². The van der Waals surface area contributed by atoms with E-state index >= 15 is 0 Å². The topological polar surface area (TPSA) is 115 Å². The minimum absolute atomic E-state index is 0.0812. The number of unbranched alkanes of at least 4 members (excludes halogenated alkanes) is 8. The van der Waals surface area contributed by atoms with Gasteiger partial charge in [-0.15, -0.1) is 0 Å². The van der Waals surface area contributed by atoms with Gasteiger partial charge in [0.25, 0.3) is 0 Å². The third-order valence-electron chi connectivity index (χ3n) is 7.11. The highest BCUT2D eigenvalue weighted by Gasteiger charge is 2.34. The first-order valence-corrected chi connectivity index (χ1v) is 14.7. The Bertz CT molecular complexity index is 821. The van der Waals surface area contributed by atoms with Crippen LogP contribution < -0.4 is 0 Å². The summed E-state index contributed by atoms with van der Waals surface area (Å²) in [6, 6.07) is 16.6. The number of benzene rings is 2. The molecule has 218 valence electrons. The number of aromatic carboxylic acids is 2. The van der Waals surface area contributed by atoms with Crippen molar-refractivity contribution >= 4 is 11.9 Å². The van der Waals surface area contributed by atoms with Gasteiger partial charge in [0, 0.05) is 0 Å². The lowest BCUT2D eigenvalue weighted by atomic mass is 10.0. The predicted molar refractivity (Wildman–Crippen MR) is 157 cm³/mol. The van der Waals surface area contributed by atoms with Crippen molar-refractivity contribution in [3.05, 3.63) is 71.8 Å². The van der Waals surface area contributed by atoms with Crippen molar-refractivity contribution in [2.75, 3.05) is 6.61 Å². The lowest BCUT2D eigenvalue weighted by Gasteiger charge is -2.06. The largest absolute Gasteiger partial charge is 0.478 e. The lowest BCUT2D eigenvalue weighted by molar-refractivity contribution is 0.0686. The van der Waals surface area contributed by atoms with Crippen LogP contribution in [0.15, 0.2) is 60.7 Å². The molecule has 3 unspecified atom stereocenters. The van der Waals surface area contributed by atoms with E-state index in [1.54, 1.807) is 60.7 Å². The van der Waals surface area contributed by atoms with E-state index in [9.17, 15) is 14.7 Å². The lowest BCUT2D eigenvalue weighted by Crippen LogP contribution is -2.10. The van der Waals surface area contributed by atoms with Crippen molar-refractivity contribution < 1.29 is 30.0 Å². The Balaban J connectivity index is 0.000000344. The highest BCUT2D eigenvalue weighted by Crippen LogP contribution is 2.45. The maximum absolute atomic E-state index is 10.2. The van der Waals surface area contributed by atoms with Crippen LogP contribution in [-0.4, -0.2) is 45.1 Å². The third-order valence-corrected chi connectivity index (χ3v) is 7.11.